The van der Waals surface area contributed by atoms with Crippen molar-refractivity contribution in [2.45, 2.75) is 6.92 Å². The van der Waals surface area contributed by atoms with Gasteiger partial charge in [0.1, 0.15) is 11.3 Å². The average molecular weight is 534 g/mol. The highest BCUT2D eigenvalue weighted by atomic mass is 35.5. The molecule has 1 fully saturated rings. The van der Waals surface area contributed by atoms with Crippen LogP contribution in [0.25, 0.3) is 43.6 Å². The highest BCUT2D eigenvalue weighted by Gasteiger charge is 2.27. The molecule has 1 aliphatic heterocycles. The minimum atomic E-state index is -0.519. The Kier molecular flexibility index (Phi) is 5.85. The second-order valence-corrected chi connectivity index (χ2v) is 10.1. The third-order valence-corrected chi connectivity index (χ3v) is 7.73. The van der Waals surface area contributed by atoms with Crippen molar-refractivity contribution in [1.82, 2.24) is 30.0 Å². The third-order valence-electron chi connectivity index (χ3n) is 6.66. The SMILES string of the molecule is C=CC(=O)N1CCN(c2nc(-c3cncs3)nc3c(F)c(-c4c(C)ccc5[nH]ncc45)c(Cl)cc23)CC1. The summed E-state index contributed by atoms with van der Waals surface area (Å²) < 4.78 is 16.5. The van der Waals surface area contributed by atoms with E-state index < -0.39 is 5.82 Å². The van der Waals surface area contributed by atoms with Crippen LogP contribution in [-0.2, 0) is 4.79 Å². The van der Waals surface area contributed by atoms with Crippen LogP contribution in [0.3, 0.4) is 0 Å². The maximum atomic E-state index is 16.5. The van der Waals surface area contributed by atoms with Gasteiger partial charge >= 0.3 is 0 Å². The number of aryl methyl sites for hydroxylation is 1. The molecule has 8 nitrogen and oxygen atoms in total. The Morgan fingerprint density at radius 1 is 1.16 bits per heavy atom. The highest BCUT2D eigenvalue weighted by molar-refractivity contribution is 7.13. The number of piperazine rings is 1. The second kappa shape index (κ2) is 9.20. The van der Waals surface area contributed by atoms with Crippen molar-refractivity contribution in [3.8, 4) is 21.8 Å². The molecular weight excluding hydrogens is 513 g/mol. The van der Waals surface area contributed by atoms with Gasteiger partial charge in [0, 0.05) is 54.3 Å². The molecule has 1 saturated heterocycles. The van der Waals surface area contributed by atoms with Gasteiger partial charge in [0.05, 0.1) is 27.1 Å². The number of rotatable bonds is 4. The molecule has 0 atom stereocenters. The number of fused-ring (bicyclic) bond motifs is 2. The Balaban J connectivity index is 1.56. The molecule has 0 spiro atoms. The second-order valence-electron chi connectivity index (χ2n) is 8.79. The van der Waals surface area contributed by atoms with Gasteiger partial charge in [-0.05, 0) is 30.7 Å². The number of aromatic amines is 1. The van der Waals surface area contributed by atoms with Crippen LogP contribution in [-0.4, -0.2) is 62.1 Å². The van der Waals surface area contributed by atoms with Crippen molar-refractivity contribution in [3.63, 3.8) is 0 Å². The minimum absolute atomic E-state index is 0.111. The van der Waals surface area contributed by atoms with E-state index in [0.29, 0.717) is 48.8 Å². The fourth-order valence-corrected chi connectivity index (χ4v) is 5.65. The molecule has 0 radical (unpaired) electrons. The summed E-state index contributed by atoms with van der Waals surface area (Å²) in [5, 5.41) is 8.63. The van der Waals surface area contributed by atoms with Crippen LogP contribution in [0.15, 0.2) is 48.8 Å². The molecule has 2 aromatic carbocycles. The van der Waals surface area contributed by atoms with Crippen LogP contribution in [0.2, 0.25) is 5.02 Å². The van der Waals surface area contributed by atoms with Crippen LogP contribution in [0.5, 0.6) is 0 Å². The first-order chi connectivity index (χ1) is 18.0. The number of aromatic nitrogens is 5. The van der Waals surface area contributed by atoms with Crippen molar-refractivity contribution < 1.29 is 9.18 Å². The highest BCUT2D eigenvalue weighted by Crippen LogP contribution is 2.42. The first kappa shape index (κ1) is 23.5. The first-order valence-electron chi connectivity index (χ1n) is 11.6. The molecule has 5 aromatic rings. The van der Waals surface area contributed by atoms with E-state index >= 15 is 4.39 Å². The average Bonchev–Trinajstić information content (AvgIpc) is 3.62. The molecular formula is C26H21ClFN7OS. The molecule has 4 heterocycles. The van der Waals surface area contributed by atoms with Gasteiger partial charge in [-0.25, -0.2) is 14.4 Å². The van der Waals surface area contributed by atoms with E-state index in [-0.39, 0.29) is 22.0 Å². The maximum Gasteiger partial charge on any atom is 0.246 e. The Morgan fingerprint density at radius 2 is 1.97 bits per heavy atom. The normalized spacial score (nSPS) is 14.0. The summed E-state index contributed by atoms with van der Waals surface area (Å²) in [6, 6.07) is 5.56. The van der Waals surface area contributed by atoms with Gasteiger partial charge in [-0.1, -0.05) is 24.2 Å². The lowest BCUT2D eigenvalue weighted by atomic mass is 9.95. The van der Waals surface area contributed by atoms with E-state index in [4.69, 9.17) is 16.6 Å². The number of nitrogens with one attached hydrogen (secondary N) is 1. The summed E-state index contributed by atoms with van der Waals surface area (Å²) in [5.74, 6) is 0.332. The van der Waals surface area contributed by atoms with Gasteiger partial charge in [0.2, 0.25) is 5.91 Å². The lowest BCUT2D eigenvalue weighted by Gasteiger charge is -2.35. The van der Waals surface area contributed by atoms with Crippen LogP contribution in [0.4, 0.5) is 10.2 Å². The summed E-state index contributed by atoms with van der Waals surface area (Å²) in [7, 11) is 0. The first-order valence-corrected chi connectivity index (χ1v) is 12.9. The van der Waals surface area contributed by atoms with Gasteiger partial charge < -0.3 is 9.80 Å². The molecule has 11 heteroatoms. The molecule has 1 N–H and O–H groups in total. The summed E-state index contributed by atoms with van der Waals surface area (Å²) >= 11 is 8.18. The summed E-state index contributed by atoms with van der Waals surface area (Å²) in [4.78, 5) is 30.2. The molecule has 1 aliphatic rings. The smallest absolute Gasteiger partial charge is 0.246 e. The van der Waals surface area contributed by atoms with E-state index in [9.17, 15) is 4.79 Å². The predicted octanol–water partition coefficient (Wildman–Crippen LogP) is 5.23. The molecule has 186 valence electrons. The van der Waals surface area contributed by atoms with Gasteiger partial charge in [-0.15, -0.1) is 11.3 Å². The molecule has 1 amide bonds. The van der Waals surface area contributed by atoms with Gasteiger partial charge in [-0.2, -0.15) is 5.10 Å². The Hall–Kier alpha value is -3.89. The summed E-state index contributed by atoms with van der Waals surface area (Å²) in [5.41, 5.74) is 4.48. The standard InChI is InChI=1S/C26H21ClFN7OS/c1-3-20(36)34-6-8-35(9-7-34)26-15-10-17(27)22(21-14(2)4-5-18-16(21)11-30-33-18)23(28)24(15)31-25(32-26)19-12-29-13-37-19/h3-5,10-13H,1,6-9H2,2H3,(H,30,33). The van der Waals surface area contributed by atoms with E-state index in [1.165, 1.54) is 17.4 Å². The number of carbonyl (C=O) groups excluding carboxylic acids is 1. The number of thiazole rings is 1. The van der Waals surface area contributed by atoms with Crippen molar-refractivity contribution in [2.24, 2.45) is 0 Å². The fourth-order valence-electron chi connectivity index (χ4n) is 4.81. The lowest BCUT2D eigenvalue weighted by Crippen LogP contribution is -2.48. The molecule has 0 unspecified atom stereocenters. The zero-order valence-corrected chi connectivity index (χ0v) is 21.4. The van der Waals surface area contributed by atoms with Crippen molar-refractivity contribution in [1.29, 1.82) is 0 Å². The minimum Gasteiger partial charge on any atom is -0.352 e. The molecule has 0 saturated carbocycles. The van der Waals surface area contributed by atoms with E-state index in [1.54, 1.807) is 28.9 Å². The Labute approximate surface area is 220 Å². The predicted molar refractivity (Wildman–Crippen MR) is 144 cm³/mol. The molecule has 3 aromatic heterocycles. The number of amides is 1. The molecule has 6 rings (SSSR count). The topological polar surface area (TPSA) is 90.9 Å². The Bertz CT molecular complexity index is 1680. The number of carbonyl (C=O) groups is 1. The zero-order valence-electron chi connectivity index (χ0n) is 19.8. The van der Waals surface area contributed by atoms with Gasteiger partial charge in [0.25, 0.3) is 0 Å². The van der Waals surface area contributed by atoms with Gasteiger partial charge in [-0.3, -0.25) is 14.9 Å². The number of benzene rings is 2. The van der Waals surface area contributed by atoms with E-state index in [0.717, 1.165) is 21.3 Å². The number of halogens is 2. The summed E-state index contributed by atoms with van der Waals surface area (Å²) in [6.45, 7) is 7.56. The van der Waals surface area contributed by atoms with Gasteiger partial charge in [0.15, 0.2) is 11.6 Å². The maximum absolute atomic E-state index is 16.5. The Morgan fingerprint density at radius 3 is 2.70 bits per heavy atom. The monoisotopic (exact) mass is 533 g/mol. The lowest BCUT2D eigenvalue weighted by molar-refractivity contribution is -0.126. The van der Waals surface area contributed by atoms with Crippen LogP contribution < -0.4 is 4.90 Å². The van der Waals surface area contributed by atoms with Crippen molar-refractivity contribution >= 4 is 56.5 Å². The van der Waals surface area contributed by atoms with Crippen molar-refractivity contribution in [3.05, 3.63) is 65.2 Å². The fraction of sp³-hybridized carbons (Fsp3) is 0.192. The van der Waals surface area contributed by atoms with E-state index in [1.807, 2.05) is 24.0 Å². The number of hydrogen-bond donors (Lipinski definition) is 1. The summed E-state index contributed by atoms with van der Waals surface area (Å²) in [6.07, 6.45) is 4.66. The molecule has 0 bridgehead atoms. The molecule has 37 heavy (non-hydrogen) atoms. The number of H-pyrrole nitrogens is 1. The molecule has 0 aliphatic carbocycles. The number of nitrogens with zero attached hydrogens (tertiary/aromatic N) is 6. The quantitative estimate of drug-likeness (QED) is 0.318. The van der Waals surface area contributed by atoms with Crippen molar-refractivity contribution in [2.75, 3.05) is 31.1 Å². The largest absolute Gasteiger partial charge is 0.352 e. The zero-order chi connectivity index (χ0) is 25.7. The van der Waals surface area contributed by atoms with Crippen LogP contribution in [0, 0.1) is 12.7 Å². The number of anilines is 1. The van der Waals surface area contributed by atoms with Crippen LogP contribution >= 0.6 is 22.9 Å². The van der Waals surface area contributed by atoms with E-state index in [2.05, 4.69) is 26.7 Å². The number of hydrogen-bond acceptors (Lipinski definition) is 7. The van der Waals surface area contributed by atoms with Crippen LogP contribution in [0.1, 0.15) is 5.56 Å². The third kappa shape index (κ3) is 3.93.